The molecule has 11 nitrogen and oxygen atoms in total. The molecule has 0 bridgehead atoms. The van der Waals surface area contributed by atoms with Gasteiger partial charge in [0.1, 0.15) is 11.5 Å². The summed E-state index contributed by atoms with van der Waals surface area (Å²) in [4.78, 5) is 25.5. The van der Waals surface area contributed by atoms with Gasteiger partial charge in [0.2, 0.25) is 21.7 Å². The molecule has 1 unspecified atom stereocenters. The molecular formula is C22H30N2O9S. The van der Waals surface area contributed by atoms with Crippen molar-refractivity contribution >= 4 is 15.9 Å². The molecule has 0 fully saturated rings. The number of nitrogens with zero attached hydrogens (tertiary/aromatic N) is 1. The average molecular weight is 499 g/mol. The lowest BCUT2D eigenvalue weighted by atomic mass is 9.87. The van der Waals surface area contributed by atoms with Gasteiger partial charge in [0.25, 0.3) is 0 Å². The Labute approximate surface area is 198 Å². The quantitative estimate of drug-likeness (QED) is 0.467. The lowest BCUT2D eigenvalue weighted by Crippen LogP contribution is -2.34. The second kappa shape index (κ2) is 11.3. The maximum absolute atomic E-state index is 12.8. The van der Waals surface area contributed by atoms with E-state index in [2.05, 4.69) is 5.32 Å². The zero-order chi connectivity index (χ0) is 25.6. The Bertz CT molecular complexity index is 1190. The average Bonchev–Trinajstić information content (AvgIpc) is 2.76. The van der Waals surface area contributed by atoms with Crippen LogP contribution in [0, 0.1) is 6.92 Å². The molecule has 12 heteroatoms. The van der Waals surface area contributed by atoms with Crippen LogP contribution in [0.25, 0.3) is 0 Å². The minimum atomic E-state index is -3.51. The number of methoxy groups -OCH3 is 3. The van der Waals surface area contributed by atoms with Crippen molar-refractivity contribution in [1.82, 2.24) is 9.62 Å². The van der Waals surface area contributed by atoms with Gasteiger partial charge >= 0.3 is 5.63 Å². The third-order valence-corrected chi connectivity index (χ3v) is 7.01. The monoisotopic (exact) mass is 498 g/mol. The van der Waals surface area contributed by atoms with E-state index in [1.807, 2.05) is 0 Å². The highest BCUT2D eigenvalue weighted by molar-refractivity contribution is 7.89. The lowest BCUT2D eigenvalue weighted by Gasteiger charge is -2.22. The van der Waals surface area contributed by atoms with Crippen molar-refractivity contribution in [3.8, 4) is 23.0 Å². The molecule has 1 amide bonds. The molecule has 0 saturated carbocycles. The number of ether oxygens (including phenoxy) is 3. The highest BCUT2D eigenvalue weighted by atomic mass is 32.2. The lowest BCUT2D eigenvalue weighted by molar-refractivity contribution is -0.121. The van der Waals surface area contributed by atoms with E-state index in [0.29, 0.717) is 11.3 Å². The maximum atomic E-state index is 12.8. The summed E-state index contributed by atoms with van der Waals surface area (Å²) < 4.78 is 46.4. The van der Waals surface area contributed by atoms with Gasteiger partial charge in [0.05, 0.1) is 32.6 Å². The number of nitrogens with one attached hydrogen (secondary N) is 1. The number of sulfonamides is 1. The van der Waals surface area contributed by atoms with E-state index in [1.54, 1.807) is 12.1 Å². The van der Waals surface area contributed by atoms with E-state index in [-0.39, 0.29) is 47.3 Å². The van der Waals surface area contributed by atoms with E-state index >= 15 is 0 Å². The predicted molar refractivity (Wildman–Crippen MR) is 124 cm³/mol. The van der Waals surface area contributed by atoms with E-state index in [4.69, 9.17) is 18.6 Å². The number of carbonyl (C=O) groups is 1. The molecule has 34 heavy (non-hydrogen) atoms. The summed E-state index contributed by atoms with van der Waals surface area (Å²) in [5.41, 5.74) is -0.600. The van der Waals surface area contributed by atoms with Crippen LogP contribution in [0.2, 0.25) is 0 Å². The van der Waals surface area contributed by atoms with E-state index in [0.717, 1.165) is 4.31 Å². The molecule has 2 aromatic rings. The Kier molecular flexibility index (Phi) is 8.93. The van der Waals surface area contributed by atoms with Crippen LogP contribution in [0.3, 0.4) is 0 Å². The minimum Gasteiger partial charge on any atom is -0.507 e. The van der Waals surface area contributed by atoms with Crippen molar-refractivity contribution in [2.45, 2.75) is 19.3 Å². The Morgan fingerprint density at radius 2 is 1.79 bits per heavy atom. The molecule has 2 N–H and O–H groups in total. The standard InChI is InChI=1S/C22H30N2O9S/c1-13-11-16(25)19(22(27)33-13)15(12-18(26)23-9-10-34(28,29)24(2)3)14-7-8-17(30-4)21(32-6)20(14)31-5/h7-8,11,15,25H,9-10,12H2,1-6H3,(H,23,26). The number of amides is 1. The van der Waals surface area contributed by atoms with Crippen LogP contribution in [0.4, 0.5) is 0 Å². The normalized spacial score (nSPS) is 12.3. The van der Waals surface area contributed by atoms with Crippen LogP contribution in [-0.2, 0) is 14.8 Å². The van der Waals surface area contributed by atoms with Gasteiger partial charge in [-0.15, -0.1) is 0 Å². The maximum Gasteiger partial charge on any atom is 0.343 e. The van der Waals surface area contributed by atoms with Crippen molar-refractivity contribution < 1.29 is 36.9 Å². The van der Waals surface area contributed by atoms with Crippen molar-refractivity contribution in [1.29, 1.82) is 0 Å². The summed E-state index contributed by atoms with van der Waals surface area (Å²) >= 11 is 0. The van der Waals surface area contributed by atoms with Gasteiger partial charge in [-0.05, 0) is 13.0 Å². The first kappa shape index (κ1) is 27.0. The highest BCUT2D eigenvalue weighted by Gasteiger charge is 2.30. The Morgan fingerprint density at radius 1 is 1.15 bits per heavy atom. The van der Waals surface area contributed by atoms with Crippen LogP contribution in [0.1, 0.15) is 29.2 Å². The molecule has 1 aromatic heterocycles. The summed E-state index contributed by atoms with van der Waals surface area (Å²) in [6.45, 7) is 1.37. The van der Waals surface area contributed by atoms with Gasteiger partial charge in [0, 0.05) is 44.6 Å². The summed E-state index contributed by atoms with van der Waals surface area (Å²) in [5, 5.41) is 13.1. The first-order valence-electron chi connectivity index (χ1n) is 10.3. The van der Waals surface area contributed by atoms with Gasteiger partial charge in [-0.3, -0.25) is 4.79 Å². The molecule has 0 aliphatic rings. The van der Waals surface area contributed by atoms with Gasteiger partial charge in [-0.2, -0.15) is 0 Å². The molecule has 0 aliphatic heterocycles. The van der Waals surface area contributed by atoms with Gasteiger partial charge in [-0.1, -0.05) is 6.07 Å². The number of carbonyl (C=O) groups excluding carboxylic acids is 1. The predicted octanol–water partition coefficient (Wildman–Crippen LogP) is 1.21. The number of aryl methyl sites for hydroxylation is 1. The van der Waals surface area contributed by atoms with Crippen LogP contribution in [-0.4, -0.2) is 71.5 Å². The summed E-state index contributed by atoms with van der Waals surface area (Å²) in [6, 6.07) is 4.45. The number of hydrogen-bond donors (Lipinski definition) is 2. The van der Waals surface area contributed by atoms with Crippen molar-refractivity contribution in [2.75, 3.05) is 47.7 Å². The molecule has 1 heterocycles. The zero-order valence-electron chi connectivity index (χ0n) is 20.0. The number of rotatable bonds is 11. The van der Waals surface area contributed by atoms with Crippen LogP contribution < -0.4 is 25.2 Å². The Morgan fingerprint density at radius 3 is 2.32 bits per heavy atom. The molecule has 2 rings (SSSR count). The van der Waals surface area contributed by atoms with Gasteiger partial charge in [-0.25, -0.2) is 17.5 Å². The van der Waals surface area contributed by atoms with E-state index in [1.165, 1.54) is 48.4 Å². The summed E-state index contributed by atoms with van der Waals surface area (Å²) in [7, 11) is 3.54. The van der Waals surface area contributed by atoms with Crippen LogP contribution >= 0.6 is 0 Å². The Balaban J connectivity index is 2.52. The molecule has 188 valence electrons. The van der Waals surface area contributed by atoms with Crippen molar-refractivity contribution in [3.63, 3.8) is 0 Å². The van der Waals surface area contributed by atoms with Crippen molar-refractivity contribution in [3.05, 3.63) is 45.5 Å². The van der Waals surface area contributed by atoms with E-state index < -0.39 is 27.5 Å². The first-order chi connectivity index (χ1) is 16.0. The fourth-order valence-electron chi connectivity index (χ4n) is 3.45. The van der Waals surface area contributed by atoms with Crippen LogP contribution in [0.15, 0.2) is 27.4 Å². The number of aromatic hydroxyl groups is 1. The SMILES string of the molecule is COc1ccc(C(CC(=O)NCCS(=O)(=O)N(C)C)c2c(O)cc(C)oc2=O)c(OC)c1OC. The van der Waals surface area contributed by atoms with Gasteiger partial charge in [0.15, 0.2) is 11.5 Å². The van der Waals surface area contributed by atoms with Gasteiger partial charge < -0.3 is 29.1 Å². The smallest absolute Gasteiger partial charge is 0.343 e. The minimum absolute atomic E-state index is 0.135. The topological polar surface area (TPSA) is 145 Å². The molecule has 0 saturated heterocycles. The van der Waals surface area contributed by atoms with E-state index in [9.17, 15) is 23.1 Å². The molecule has 0 aliphatic carbocycles. The molecule has 0 radical (unpaired) electrons. The second-order valence-corrected chi connectivity index (χ2v) is 9.87. The third kappa shape index (κ3) is 6.00. The fourth-order valence-corrected chi connectivity index (χ4v) is 4.18. The van der Waals surface area contributed by atoms with Crippen molar-refractivity contribution in [2.24, 2.45) is 0 Å². The largest absolute Gasteiger partial charge is 0.507 e. The fraction of sp³-hybridized carbons (Fsp3) is 0.455. The first-order valence-corrected chi connectivity index (χ1v) is 11.9. The highest BCUT2D eigenvalue weighted by Crippen LogP contribution is 2.45. The summed E-state index contributed by atoms with van der Waals surface area (Å²) in [5.74, 6) is -1.20. The second-order valence-electron chi connectivity index (χ2n) is 7.57. The molecular weight excluding hydrogens is 468 g/mol. The summed E-state index contributed by atoms with van der Waals surface area (Å²) in [6.07, 6.45) is -0.310. The molecule has 1 atom stereocenters. The van der Waals surface area contributed by atoms with Crippen LogP contribution in [0.5, 0.6) is 23.0 Å². The molecule has 1 aromatic carbocycles. The third-order valence-electron chi connectivity index (χ3n) is 5.18. The number of benzene rings is 1. The molecule has 0 spiro atoms. The zero-order valence-corrected chi connectivity index (χ0v) is 20.8. The number of hydrogen-bond acceptors (Lipinski definition) is 9. The Hall–Kier alpha value is -3.25.